The zero-order chi connectivity index (χ0) is 24.4. The van der Waals surface area contributed by atoms with Gasteiger partial charge in [0.05, 0.1) is 6.61 Å². The van der Waals surface area contributed by atoms with Gasteiger partial charge in [0.15, 0.2) is 11.5 Å². The van der Waals surface area contributed by atoms with E-state index in [4.69, 9.17) is 26.5 Å². The van der Waals surface area contributed by atoms with Gasteiger partial charge in [-0.3, -0.25) is 0 Å². The number of hydrogen-bond acceptors (Lipinski definition) is 4. The van der Waals surface area contributed by atoms with Crippen LogP contribution >= 0.6 is 0 Å². The van der Waals surface area contributed by atoms with Crippen molar-refractivity contribution >= 4 is 0 Å². The summed E-state index contributed by atoms with van der Waals surface area (Å²) in [5.74, 6) is -4.50. The fourth-order valence-corrected chi connectivity index (χ4v) is 2.45. The minimum absolute atomic E-state index is 0.0306. The van der Waals surface area contributed by atoms with Crippen molar-refractivity contribution in [1.29, 1.82) is 0 Å². The highest BCUT2D eigenvalue weighted by molar-refractivity contribution is 5.46. The predicted octanol–water partition coefficient (Wildman–Crippen LogP) is 3.33. The van der Waals surface area contributed by atoms with Crippen LogP contribution in [0.5, 0.6) is 17.2 Å². The van der Waals surface area contributed by atoms with Crippen LogP contribution < -0.4 is 19.5 Å². The average molecular weight is 338 g/mol. The Labute approximate surface area is 153 Å². The van der Waals surface area contributed by atoms with Crippen LogP contribution in [-0.2, 0) is 0 Å². The van der Waals surface area contributed by atoms with Gasteiger partial charge < -0.3 is 19.5 Å². The smallest absolute Gasteiger partial charge is 0.231 e. The van der Waals surface area contributed by atoms with Gasteiger partial charge in [-0.15, -0.1) is 0 Å². The van der Waals surface area contributed by atoms with Crippen molar-refractivity contribution in [3.05, 3.63) is 53.8 Å². The third-order valence-electron chi connectivity index (χ3n) is 3.67. The molecule has 2 aliphatic heterocycles. The summed E-state index contributed by atoms with van der Waals surface area (Å²) in [5, 5.41) is 1.97. The van der Waals surface area contributed by atoms with Crippen LogP contribution in [0.15, 0.2) is 42.5 Å². The molecule has 2 aromatic carbocycles. The number of ether oxygens (including phenoxy) is 3. The molecule has 1 fully saturated rings. The Bertz CT molecular complexity index is 1070. The molecule has 2 aromatic rings. The molecule has 1 N–H and O–H groups in total. The molecule has 2 heterocycles. The summed E-state index contributed by atoms with van der Waals surface area (Å²) >= 11 is 0. The largest absolute Gasteiger partial charge is 0.493 e. The van der Waals surface area contributed by atoms with Crippen LogP contribution in [0.25, 0.3) is 0 Å². The highest BCUT2D eigenvalue weighted by Crippen LogP contribution is 2.36. The lowest BCUT2D eigenvalue weighted by atomic mass is 9.81. The third-order valence-corrected chi connectivity index (χ3v) is 3.67. The third kappa shape index (κ3) is 3.17. The Morgan fingerprint density at radius 3 is 2.92 bits per heavy atom. The van der Waals surface area contributed by atoms with Crippen molar-refractivity contribution in [2.45, 2.75) is 12.3 Å². The predicted molar refractivity (Wildman–Crippen MR) is 88.2 cm³/mol. The van der Waals surface area contributed by atoms with E-state index in [9.17, 15) is 4.39 Å². The summed E-state index contributed by atoms with van der Waals surface area (Å²) in [4.78, 5) is 0. The maximum absolute atomic E-state index is 13.5. The van der Waals surface area contributed by atoms with E-state index in [0.717, 1.165) is 12.1 Å². The van der Waals surface area contributed by atoms with Crippen molar-refractivity contribution in [2.24, 2.45) is 5.89 Å². The van der Waals surface area contributed by atoms with Gasteiger partial charge in [0.25, 0.3) is 0 Å². The Hall–Kier alpha value is -2.27. The van der Waals surface area contributed by atoms with E-state index >= 15 is 0 Å². The van der Waals surface area contributed by atoms with Gasteiger partial charge >= 0.3 is 0 Å². The zero-order valence-electron chi connectivity index (χ0n) is 21.4. The number of hydrogen-bond donors (Lipinski definition) is 1. The summed E-state index contributed by atoms with van der Waals surface area (Å²) in [6.07, 6.45) is -2.79. The first-order valence-electron chi connectivity index (χ1n) is 11.8. The van der Waals surface area contributed by atoms with Crippen molar-refractivity contribution in [2.75, 3.05) is 26.3 Å². The van der Waals surface area contributed by atoms with E-state index in [-0.39, 0.29) is 22.8 Å². The maximum atomic E-state index is 13.5. The highest BCUT2D eigenvalue weighted by Gasteiger charge is 2.27. The minimum atomic E-state index is -2.86. The van der Waals surface area contributed by atoms with Crippen LogP contribution in [0.1, 0.15) is 30.2 Å². The number of piperidine rings is 1. The van der Waals surface area contributed by atoms with Crippen molar-refractivity contribution < 1.29 is 30.9 Å². The molecule has 1 unspecified atom stereocenters. The van der Waals surface area contributed by atoms with Crippen LogP contribution in [0.4, 0.5) is 4.39 Å². The van der Waals surface area contributed by atoms with Crippen molar-refractivity contribution in [3.63, 3.8) is 0 Å². The van der Waals surface area contributed by atoms with Gasteiger partial charge in [-0.25, -0.2) is 4.39 Å². The molecule has 2 atom stereocenters. The monoisotopic (exact) mass is 338 g/mol. The molecule has 0 radical (unpaired) electrons. The number of rotatable bonds is 4. The van der Waals surface area contributed by atoms with Crippen LogP contribution in [0.2, 0.25) is 0 Å². The molecule has 5 heteroatoms. The number of benzene rings is 2. The number of nitrogens with one attached hydrogen (secondary N) is 1. The van der Waals surface area contributed by atoms with E-state index in [2.05, 4.69) is 0 Å². The molecule has 0 amide bonds. The van der Waals surface area contributed by atoms with E-state index in [1.54, 1.807) is 0 Å². The van der Waals surface area contributed by atoms with Crippen molar-refractivity contribution in [3.8, 4) is 17.2 Å². The van der Waals surface area contributed by atoms with E-state index in [0.29, 0.717) is 0 Å². The topological polar surface area (TPSA) is 39.7 Å². The molecule has 0 aromatic heterocycles. The standard InChI is InChI=1S/C19H20FNO3/c20-15-3-1-13(2-4-15)17-7-8-21-10-14(17)11-22-16-5-6-18-19(9-16)24-12-23-18/h1-6,9,14,17,21H,7-8,10-12H2/t14-,17?/m1/s1/i7D2,8D2,10D2,12D2,14D. The molecule has 0 saturated carbocycles. The van der Waals surface area contributed by atoms with Gasteiger partial charge in [-0.05, 0) is 48.6 Å². The lowest BCUT2D eigenvalue weighted by molar-refractivity contribution is 0.173. The van der Waals surface area contributed by atoms with E-state index < -0.39 is 50.3 Å². The molecule has 0 aliphatic carbocycles. The summed E-state index contributed by atoms with van der Waals surface area (Å²) in [5.41, 5.74) is 0.0353. The van der Waals surface area contributed by atoms with Gasteiger partial charge in [0.2, 0.25) is 6.75 Å². The molecule has 4 nitrogen and oxygen atoms in total. The van der Waals surface area contributed by atoms with Gasteiger partial charge in [0, 0.05) is 28.1 Å². The van der Waals surface area contributed by atoms with Crippen LogP contribution in [-0.4, -0.2) is 26.3 Å². The highest BCUT2D eigenvalue weighted by atomic mass is 19.1. The minimum Gasteiger partial charge on any atom is -0.493 e. The van der Waals surface area contributed by atoms with E-state index in [1.165, 1.54) is 30.3 Å². The lowest BCUT2D eigenvalue weighted by Gasteiger charge is -2.32. The first kappa shape index (κ1) is 8.21. The molecule has 4 rings (SSSR count). The van der Waals surface area contributed by atoms with Gasteiger partial charge in [0.1, 0.15) is 14.3 Å². The summed E-state index contributed by atoms with van der Waals surface area (Å²) in [7, 11) is 0. The Morgan fingerprint density at radius 2 is 2.04 bits per heavy atom. The van der Waals surface area contributed by atoms with Crippen LogP contribution in [0, 0.1) is 11.7 Å². The lowest BCUT2D eigenvalue weighted by Crippen LogP contribution is -2.38. The molecule has 2 aliphatic rings. The van der Waals surface area contributed by atoms with Gasteiger partial charge in [-0.1, -0.05) is 12.1 Å². The molecule has 126 valence electrons. The van der Waals surface area contributed by atoms with E-state index in [1.807, 2.05) is 5.32 Å². The summed E-state index contributed by atoms with van der Waals surface area (Å²) < 4.78 is 103. The quantitative estimate of drug-likeness (QED) is 0.928. The molecule has 0 bridgehead atoms. The van der Waals surface area contributed by atoms with Gasteiger partial charge in [-0.2, -0.15) is 0 Å². The molecule has 1 saturated heterocycles. The zero-order valence-corrected chi connectivity index (χ0v) is 12.4. The van der Waals surface area contributed by atoms with Crippen LogP contribution in [0.3, 0.4) is 0 Å². The van der Waals surface area contributed by atoms with Crippen molar-refractivity contribution in [1.82, 2.24) is 5.32 Å². The second kappa shape index (κ2) is 6.69. The summed E-state index contributed by atoms with van der Waals surface area (Å²) in [6.45, 7) is -8.71. The Balaban J connectivity index is 1.71. The second-order valence-electron chi connectivity index (χ2n) is 5.21. The first-order valence-corrected chi connectivity index (χ1v) is 7.28. The molecule has 24 heavy (non-hydrogen) atoms. The SMILES string of the molecule is [2H]C1([2H])Oc2ccc(OC[C@]3([2H])C(c4ccc(F)cc4)C([2H])([2H])C([2H])([2H])NC3([2H])[2H])cc2O1. The summed E-state index contributed by atoms with van der Waals surface area (Å²) in [6, 6.07) is 8.50. The average Bonchev–Trinajstić information content (AvgIpc) is 2.99. The molecule has 0 spiro atoms. The normalized spacial score (nSPS) is 39.4. The fraction of sp³-hybridized carbons (Fsp3) is 0.368. The number of fused-ring (bicyclic) bond motifs is 1. The number of halogens is 1. The maximum Gasteiger partial charge on any atom is 0.231 e. The molecular weight excluding hydrogens is 309 g/mol. The fourth-order valence-electron chi connectivity index (χ4n) is 2.45. The first-order chi connectivity index (χ1) is 15.1. The Kier molecular flexibility index (Phi) is 2.29. The second-order valence-corrected chi connectivity index (χ2v) is 5.21. The molecular formula is C19H20FNO3. The Morgan fingerprint density at radius 1 is 1.21 bits per heavy atom.